The molecule has 0 unspecified atom stereocenters. The Labute approximate surface area is 107 Å². The Morgan fingerprint density at radius 1 is 1.50 bits per heavy atom. The summed E-state index contributed by atoms with van der Waals surface area (Å²) in [5.74, 6) is 0.960. The molecule has 0 atom stereocenters. The minimum absolute atomic E-state index is 0.367. The maximum Gasteiger partial charge on any atom is 0.228 e. The molecule has 2 nitrogen and oxygen atoms in total. The van der Waals surface area contributed by atoms with Crippen LogP contribution in [0.4, 0.5) is 0 Å². The van der Waals surface area contributed by atoms with Crippen LogP contribution in [0.15, 0.2) is 24.3 Å². The smallest absolute Gasteiger partial charge is 0.228 e. The van der Waals surface area contributed by atoms with E-state index in [1.807, 2.05) is 6.07 Å². The zero-order chi connectivity index (χ0) is 10.1. The van der Waals surface area contributed by atoms with Gasteiger partial charge in [0.05, 0.1) is 24.7 Å². The van der Waals surface area contributed by atoms with Crippen molar-refractivity contribution < 1.29 is 4.42 Å². The van der Waals surface area contributed by atoms with E-state index in [4.69, 9.17) is 16.0 Å². The zero-order valence-electron chi connectivity index (χ0n) is 6.76. The second kappa shape index (κ2) is 4.35. The van der Waals surface area contributed by atoms with Crippen molar-refractivity contribution in [2.75, 3.05) is 0 Å². The Morgan fingerprint density at radius 3 is 2.79 bits per heavy atom. The molecule has 0 aliphatic heterocycles. The molecule has 0 amide bonds. The van der Waals surface area contributed by atoms with Gasteiger partial charge in [-0.15, -0.1) is 22.9 Å². The van der Waals surface area contributed by atoms with Crippen LogP contribution >= 0.6 is 54.8 Å². The molecule has 6 heteroatoms. The molecule has 0 N–H and O–H groups in total. The van der Waals surface area contributed by atoms with Crippen LogP contribution in [0.25, 0.3) is 11.5 Å². The summed E-state index contributed by atoms with van der Waals surface area (Å²) in [7, 11) is 0. The van der Waals surface area contributed by atoms with Gasteiger partial charge in [-0.2, -0.15) is 0 Å². The molecule has 0 fully saturated rings. The first-order valence-electron chi connectivity index (χ1n) is 3.66. The summed E-state index contributed by atoms with van der Waals surface area (Å²) in [4.78, 5) is 4.23. The molecule has 0 spiro atoms. The Bertz CT molecular complexity index is 454. The SMILES string of the molecule is ClCc1coc(-c2cc(Br)sc2Br)n1. The van der Waals surface area contributed by atoms with E-state index in [0.717, 1.165) is 18.8 Å². The Hall–Kier alpha value is 0.160. The third-order valence-corrected chi connectivity index (χ3v) is 4.19. The lowest BCUT2D eigenvalue weighted by Crippen LogP contribution is -1.77. The van der Waals surface area contributed by atoms with E-state index >= 15 is 0 Å². The highest BCUT2D eigenvalue weighted by Gasteiger charge is 2.12. The van der Waals surface area contributed by atoms with Gasteiger partial charge >= 0.3 is 0 Å². The number of halogens is 3. The predicted octanol–water partition coefficient (Wildman–Crippen LogP) is 4.67. The lowest BCUT2D eigenvalue weighted by molar-refractivity contribution is 0.573. The van der Waals surface area contributed by atoms with Gasteiger partial charge in [0.2, 0.25) is 5.89 Å². The van der Waals surface area contributed by atoms with E-state index in [0.29, 0.717) is 11.8 Å². The largest absolute Gasteiger partial charge is 0.444 e. The van der Waals surface area contributed by atoms with Crippen molar-refractivity contribution in [2.45, 2.75) is 5.88 Å². The standard InChI is InChI=1S/C8H4Br2ClNOS/c9-6-1-5(7(10)14-6)8-12-4(2-11)3-13-8/h1,3H,2H2. The molecule has 0 aromatic carbocycles. The first kappa shape index (κ1) is 10.7. The molecule has 0 saturated heterocycles. The molecule has 74 valence electrons. The van der Waals surface area contributed by atoms with E-state index in [2.05, 4.69) is 36.8 Å². The van der Waals surface area contributed by atoms with Crippen LogP contribution in [0.5, 0.6) is 0 Å². The Balaban J connectivity index is 2.43. The van der Waals surface area contributed by atoms with Crippen molar-refractivity contribution in [3.05, 3.63) is 25.6 Å². The first-order valence-corrected chi connectivity index (χ1v) is 6.60. The van der Waals surface area contributed by atoms with Gasteiger partial charge in [-0.05, 0) is 37.9 Å². The summed E-state index contributed by atoms with van der Waals surface area (Å²) >= 11 is 14.1. The van der Waals surface area contributed by atoms with Crippen molar-refractivity contribution in [1.29, 1.82) is 0 Å². The molecule has 0 aliphatic rings. The zero-order valence-corrected chi connectivity index (χ0v) is 11.5. The van der Waals surface area contributed by atoms with E-state index < -0.39 is 0 Å². The predicted molar refractivity (Wildman–Crippen MR) is 64.8 cm³/mol. The lowest BCUT2D eigenvalue weighted by Gasteiger charge is -1.88. The third-order valence-electron chi connectivity index (χ3n) is 1.58. The van der Waals surface area contributed by atoms with Crippen molar-refractivity contribution in [3.63, 3.8) is 0 Å². The topological polar surface area (TPSA) is 26.0 Å². The van der Waals surface area contributed by atoms with E-state index in [9.17, 15) is 0 Å². The third kappa shape index (κ3) is 2.05. The summed E-state index contributed by atoms with van der Waals surface area (Å²) in [5, 5.41) is 0. The molecule has 0 bridgehead atoms. The quantitative estimate of drug-likeness (QED) is 0.730. The number of hydrogen-bond donors (Lipinski definition) is 0. The molecule has 0 radical (unpaired) electrons. The fourth-order valence-corrected chi connectivity index (χ4v) is 3.88. The number of nitrogens with zero attached hydrogens (tertiary/aromatic N) is 1. The molecule has 14 heavy (non-hydrogen) atoms. The van der Waals surface area contributed by atoms with E-state index in [-0.39, 0.29) is 0 Å². The average molecular weight is 357 g/mol. The minimum Gasteiger partial charge on any atom is -0.444 e. The van der Waals surface area contributed by atoms with E-state index in [1.54, 1.807) is 17.6 Å². The van der Waals surface area contributed by atoms with Crippen LogP contribution in [0, 0.1) is 0 Å². The van der Waals surface area contributed by atoms with Gasteiger partial charge in [0, 0.05) is 0 Å². The van der Waals surface area contributed by atoms with Crippen LogP contribution in [-0.4, -0.2) is 4.98 Å². The lowest BCUT2D eigenvalue weighted by atomic mass is 10.3. The Morgan fingerprint density at radius 2 is 2.29 bits per heavy atom. The fourth-order valence-electron chi connectivity index (χ4n) is 0.978. The fraction of sp³-hybridized carbons (Fsp3) is 0.125. The average Bonchev–Trinajstić information content (AvgIpc) is 2.71. The second-order valence-corrected chi connectivity index (χ2v) is 6.53. The highest BCUT2D eigenvalue weighted by atomic mass is 79.9. The summed E-state index contributed by atoms with van der Waals surface area (Å²) < 4.78 is 7.32. The van der Waals surface area contributed by atoms with Crippen molar-refractivity contribution in [2.24, 2.45) is 0 Å². The van der Waals surface area contributed by atoms with Gasteiger partial charge in [0.1, 0.15) is 6.26 Å². The monoisotopic (exact) mass is 355 g/mol. The molecular formula is C8H4Br2ClNOS. The molecular weight excluding hydrogens is 353 g/mol. The molecule has 2 aromatic rings. The van der Waals surface area contributed by atoms with Crippen LogP contribution < -0.4 is 0 Å². The minimum atomic E-state index is 0.367. The van der Waals surface area contributed by atoms with Crippen LogP contribution in [0.3, 0.4) is 0 Å². The van der Waals surface area contributed by atoms with Crippen molar-refractivity contribution in [3.8, 4) is 11.5 Å². The van der Waals surface area contributed by atoms with Gasteiger partial charge in [-0.1, -0.05) is 0 Å². The van der Waals surface area contributed by atoms with Crippen LogP contribution in [-0.2, 0) is 5.88 Å². The molecule has 2 heterocycles. The maximum absolute atomic E-state index is 5.63. The van der Waals surface area contributed by atoms with Gasteiger partial charge in [0.25, 0.3) is 0 Å². The highest BCUT2D eigenvalue weighted by molar-refractivity contribution is 9.12. The normalized spacial score (nSPS) is 10.8. The molecule has 0 aliphatic carbocycles. The number of hydrogen-bond acceptors (Lipinski definition) is 3. The highest BCUT2D eigenvalue weighted by Crippen LogP contribution is 2.38. The van der Waals surface area contributed by atoms with Crippen LogP contribution in [0.1, 0.15) is 5.69 Å². The Kier molecular flexibility index (Phi) is 3.31. The summed E-state index contributed by atoms with van der Waals surface area (Å²) in [6.45, 7) is 0. The number of thiophene rings is 1. The molecule has 2 aromatic heterocycles. The molecule has 0 saturated carbocycles. The van der Waals surface area contributed by atoms with Crippen LogP contribution in [0.2, 0.25) is 0 Å². The number of rotatable bonds is 2. The summed E-state index contributed by atoms with van der Waals surface area (Å²) in [5.41, 5.74) is 1.69. The molecule has 2 rings (SSSR count). The van der Waals surface area contributed by atoms with Gasteiger partial charge in [0.15, 0.2) is 0 Å². The van der Waals surface area contributed by atoms with Gasteiger partial charge in [-0.25, -0.2) is 4.98 Å². The van der Waals surface area contributed by atoms with E-state index in [1.165, 1.54) is 0 Å². The van der Waals surface area contributed by atoms with Gasteiger partial charge < -0.3 is 4.42 Å². The van der Waals surface area contributed by atoms with Gasteiger partial charge in [-0.3, -0.25) is 0 Å². The number of oxazole rings is 1. The van der Waals surface area contributed by atoms with Crippen molar-refractivity contribution >= 4 is 54.8 Å². The maximum atomic E-state index is 5.63. The summed E-state index contributed by atoms with van der Waals surface area (Å²) in [6.07, 6.45) is 1.57. The first-order chi connectivity index (χ1) is 6.70. The number of alkyl halides is 1. The summed E-state index contributed by atoms with van der Waals surface area (Å²) in [6, 6.07) is 1.96. The van der Waals surface area contributed by atoms with Crippen molar-refractivity contribution in [1.82, 2.24) is 4.98 Å². The number of aromatic nitrogens is 1. The second-order valence-electron chi connectivity index (χ2n) is 2.52.